The molecule has 0 rings (SSSR count). The summed E-state index contributed by atoms with van der Waals surface area (Å²) in [7, 11) is 0. The summed E-state index contributed by atoms with van der Waals surface area (Å²) in [4.78, 5) is 19.8. The molecule has 0 aromatic heterocycles. The van der Waals surface area contributed by atoms with Crippen LogP contribution in [0, 0.1) is 11.8 Å². The number of rotatable bonds is 4. The summed E-state index contributed by atoms with van der Waals surface area (Å²) in [6.07, 6.45) is 0. The van der Waals surface area contributed by atoms with Crippen molar-refractivity contribution in [3.63, 3.8) is 0 Å². The van der Waals surface area contributed by atoms with Crippen molar-refractivity contribution in [3.8, 4) is 0 Å². The van der Waals surface area contributed by atoms with Crippen LogP contribution in [0.3, 0.4) is 0 Å². The largest absolute Gasteiger partial charge is 2.00 e. The van der Waals surface area contributed by atoms with E-state index in [-0.39, 0.29) is 28.9 Å². The van der Waals surface area contributed by atoms with E-state index in [4.69, 9.17) is 11.5 Å². The molecule has 4 N–H and O–H groups in total. The summed E-state index contributed by atoms with van der Waals surface area (Å²) in [6.45, 7) is 6.95. The van der Waals surface area contributed by atoms with E-state index in [9.17, 15) is 19.8 Å². The Bertz CT molecular complexity index is 210. The molecule has 2 atom stereocenters. The summed E-state index contributed by atoms with van der Waals surface area (Å²) in [5.74, 6) is -2.44. The van der Waals surface area contributed by atoms with Crippen LogP contribution in [0.15, 0.2) is 0 Å². The average Bonchev–Trinajstić information content (AvgIpc) is 2.15. The fourth-order valence-corrected chi connectivity index (χ4v) is 0.544. The van der Waals surface area contributed by atoms with Crippen LogP contribution in [0.25, 0.3) is 0 Å². The van der Waals surface area contributed by atoms with E-state index < -0.39 is 24.0 Å². The van der Waals surface area contributed by atoms with Crippen molar-refractivity contribution >= 4 is 11.9 Å². The fraction of sp³-hybridized carbons (Fsp3) is 0.800. The van der Waals surface area contributed by atoms with E-state index in [2.05, 4.69) is 0 Å². The van der Waals surface area contributed by atoms with Crippen LogP contribution in [0.2, 0.25) is 0 Å². The Balaban J connectivity index is -0.000000218. The van der Waals surface area contributed by atoms with Crippen LogP contribution in [0.4, 0.5) is 0 Å². The molecule has 0 heterocycles. The third-order valence-electron chi connectivity index (χ3n) is 1.98. The maximum absolute atomic E-state index is 9.90. The molecule has 0 aliphatic rings. The topological polar surface area (TPSA) is 132 Å². The van der Waals surface area contributed by atoms with Gasteiger partial charge in [-0.15, -0.1) is 0 Å². The second kappa shape index (κ2) is 10.5. The normalized spacial score (nSPS) is 13.2. The third-order valence-corrected chi connectivity index (χ3v) is 1.98. The van der Waals surface area contributed by atoms with Gasteiger partial charge in [0, 0.05) is 12.1 Å². The average molecular weight is 296 g/mol. The van der Waals surface area contributed by atoms with Crippen LogP contribution in [-0.4, -0.2) is 24.0 Å². The second-order valence-electron chi connectivity index (χ2n) is 4.18. The quantitative estimate of drug-likeness (QED) is 0.548. The molecule has 0 aromatic rings. The monoisotopic (exact) mass is 295 g/mol. The Morgan fingerprint density at radius 2 is 1.00 bits per heavy atom. The minimum absolute atomic E-state index is 0. The number of nitrogens with two attached hydrogens (primary N) is 2. The van der Waals surface area contributed by atoms with Crippen molar-refractivity contribution in [1.82, 2.24) is 0 Å². The molecule has 6 nitrogen and oxygen atoms in total. The van der Waals surface area contributed by atoms with Crippen LogP contribution >= 0.6 is 0 Å². The van der Waals surface area contributed by atoms with E-state index in [1.807, 2.05) is 0 Å². The van der Waals surface area contributed by atoms with Gasteiger partial charge in [0.05, 0.1) is 11.9 Å². The molecule has 17 heavy (non-hydrogen) atoms. The zero-order chi connectivity index (χ0) is 13.5. The maximum Gasteiger partial charge on any atom is 2.00 e. The van der Waals surface area contributed by atoms with Crippen LogP contribution in [0.5, 0.6) is 0 Å². The van der Waals surface area contributed by atoms with Crippen LogP contribution in [-0.2, 0) is 26.7 Å². The summed E-state index contributed by atoms with van der Waals surface area (Å²) >= 11 is 0. The number of carboxylic acids is 2. The van der Waals surface area contributed by atoms with Crippen molar-refractivity contribution in [1.29, 1.82) is 0 Å². The SMILES string of the molecule is CC(C)[C@H](N)C(=O)[O-].CC(C)[C@H](N)C(=O)[O-].[Cu+2]. The second-order valence-corrected chi connectivity index (χ2v) is 4.18. The van der Waals surface area contributed by atoms with Gasteiger partial charge in [-0.1, -0.05) is 27.7 Å². The van der Waals surface area contributed by atoms with Crippen molar-refractivity contribution in [2.24, 2.45) is 23.3 Å². The molecule has 0 aliphatic carbocycles. The Morgan fingerprint density at radius 3 is 1.00 bits per heavy atom. The third kappa shape index (κ3) is 11.6. The van der Waals surface area contributed by atoms with Crippen molar-refractivity contribution < 1.29 is 36.9 Å². The van der Waals surface area contributed by atoms with Crippen molar-refractivity contribution in [3.05, 3.63) is 0 Å². The molecule has 1 radical (unpaired) electrons. The van der Waals surface area contributed by atoms with Crippen LogP contribution < -0.4 is 21.7 Å². The van der Waals surface area contributed by atoms with Gasteiger partial charge in [-0.25, -0.2) is 0 Å². The number of hydrogen-bond donors (Lipinski definition) is 2. The molecule has 0 saturated heterocycles. The molecule has 0 aromatic carbocycles. The Hall–Kier alpha value is -0.621. The first-order valence-corrected chi connectivity index (χ1v) is 5.04. The molecule has 0 amide bonds. The first-order chi connectivity index (χ1) is 7.11. The molecular formula is C10H20CuN2O4. The Morgan fingerprint density at radius 1 is 0.824 bits per heavy atom. The van der Waals surface area contributed by atoms with Gasteiger partial charge in [0.15, 0.2) is 0 Å². The molecule has 0 spiro atoms. The van der Waals surface area contributed by atoms with Gasteiger partial charge in [-0.3, -0.25) is 0 Å². The van der Waals surface area contributed by atoms with Gasteiger partial charge in [0.1, 0.15) is 0 Å². The summed E-state index contributed by atoms with van der Waals surface area (Å²) < 4.78 is 0. The molecule has 0 unspecified atom stereocenters. The van der Waals surface area contributed by atoms with Crippen molar-refractivity contribution in [2.45, 2.75) is 39.8 Å². The molecule has 0 saturated carbocycles. The smallest absolute Gasteiger partial charge is 0.548 e. The predicted molar refractivity (Wildman–Crippen MR) is 55.6 cm³/mol. The molecular weight excluding hydrogens is 276 g/mol. The molecule has 0 fully saturated rings. The number of carboxylic acid groups (broad SMARTS) is 2. The number of carbonyl (C=O) groups excluding carboxylic acids is 2. The maximum atomic E-state index is 9.90. The minimum atomic E-state index is -1.18. The van der Waals surface area contributed by atoms with Gasteiger partial charge < -0.3 is 31.3 Å². The van der Waals surface area contributed by atoms with E-state index >= 15 is 0 Å². The number of aliphatic carboxylic acids is 2. The van der Waals surface area contributed by atoms with Crippen LogP contribution in [0.1, 0.15) is 27.7 Å². The Kier molecular flexibility index (Phi) is 13.4. The zero-order valence-electron chi connectivity index (χ0n) is 10.4. The predicted octanol–water partition coefficient (Wildman–Crippen LogP) is -2.56. The minimum Gasteiger partial charge on any atom is -0.548 e. The zero-order valence-corrected chi connectivity index (χ0v) is 11.3. The van der Waals surface area contributed by atoms with E-state index in [1.165, 1.54) is 0 Å². The fourth-order valence-electron chi connectivity index (χ4n) is 0.544. The molecule has 0 bridgehead atoms. The first kappa shape index (κ1) is 21.6. The van der Waals surface area contributed by atoms with Gasteiger partial charge in [-0.05, 0) is 11.8 Å². The van der Waals surface area contributed by atoms with E-state index in [0.29, 0.717) is 0 Å². The molecule has 105 valence electrons. The van der Waals surface area contributed by atoms with E-state index in [1.54, 1.807) is 27.7 Å². The van der Waals surface area contributed by atoms with Crippen molar-refractivity contribution in [2.75, 3.05) is 0 Å². The van der Waals surface area contributed by atoms with Gasteiger partial charge in [0.25, 0.3) is 0 Å². The van der Waals surface area contributed by atoms with E-state index in [0.717, 1.165) is 0 Å². The first-order valence-electron chi connectivity index (χ1n) is 5.04. The summed E-state index contributed by atoms with van der Waals surface area (Å²) in [6, 6.07) is -1.65. The Labute approximate surface area is 112 Å². The van der Waals surface area contributed by atoms with Gasteiger partial charge >= 0.3 is 17.1 Å². The standard InChI is InChI=1S/2C5H11NO2.Cu/c2*1-3(2)4(6)5(7)8;/h2*3-4H,6H2,1-2H3,(H,7,8);/q;;+2/p-2/t2*4-;/m00./s1. The number of carbonyl (C=O) groups is 2. The van der Waals surface area contributed by atoms with Gasteiger partial charge in [-0.2, -0.15) is 0 Å². The summed E-state index contributed by atoms with van der Waals surface area (Å²) in [5.41, 5.74) is 10.2. The molecule has 0 aliphatic heterocycles. The molecule has 7 heteroatoms. The number of hydrogen-bond acceptors (Lipinski definition) is 6. The summed E-state index contributed by atoms with van der Waals surface area (Å²) in [5, 5.41) is 19.8. The van der Waals surface area contributed by atoms with Gasteiger partial charge in [0.2, 0.25) is 0 Å².